The summed E-state index contributed by atoms with van der Waals surface area (Å²) in [6.45, 7) is 5.37. The van der Waals surface area contributed by atoms with E-state index in [1.807, 2.05) is 12.4 Å². The van der Waals surface area contributed by atoms with Crippen LogP contribution in [0.15, 0.2) is 18.5 Å². The number of morpholine rings is 1. The van der Waals surface area contributed by atoms with Gasteiger partial charge in [0.15, 0.2) is 0 Å². The Bertz CT molecular complexity index is 373. The standard InChI is InChI=1S/C13H21N3O2/c1-2-3-15-11-6-12(8-14-7-11)16-4-5-18-13(9-16)10-17/h6-8,13,15,17H,2-5,9-10H2,1H3. The molecule has 18 heavy (non-hydrogen) atoms. The lowest BCUT2D eigenvalue weighted by molar-refractivity contribution is 0.00355. The van der Waals surface area contributed by atoms with Gasteiger partial charge in [-0.05, 0) is 12.5 Å². The van der Waals surface area contributed by atoms with Crippen molar-refractivity contribution in [3.63, 3.8) is 0 Å². The largest absolute Gasteiger partial charge is 0.394 e. The summed E-state index contributed by atoms with van der Waals surface area (Å²) in [5.74, 6) is 0. The minimum absolute atomic E-state index is 0.0672. The van der Waals surface area contributed by atoms with E-state index in [4.69, 9.17) is 9.84 Å². The molecule has 1 aromatic heterocycles. The Morgan fingerprint density at radius 2 is 2.44 bits per heavy atom. The Morgan fingerprint density at radius 3 is 3.22 bits per heavy atom. The molecule has 0 bridgehead atoms. The maximum absolute atomic E-state index is 9.15. The summed E-state index contributed by atoms with van der Waals surface area (Å²) in [4.78, 5) is 6.46. The zero-order valence-corrected chi connectivity index (χ0v) is 10.8. The van der Waals surface area contributed by atoms with E-state index >= 15 is 0 Å². The number of pyridine rings is 1. The van der Waals surface area contributed by atoms with Crippen LogP contribution >= 0.6 is 0 Å². The summed E-state index contributed by atoms with van der Waals surface area (Å²) in [6, 6.07) is 2.10. The minimum Gasteiger partial charge on any atom is -0.394 e. The number of nitrogens with one attached hydrogen (secondary N) is 1. The molecule has 2 N–H and O–H groups in total. The lowest BCUT2D eigenvalue weighted by Gasteiger charge is -2.33. The van der Waals surface area contributed by atoms with Gasteiger partial charge in [0.05, 0.1) is 43.1 Å². The van der Waals surface area contributed by atoms with Gasteiger partial charge < -0.3 is 20.1 Å². The molecule has 5 nitrogen and oxygen atoms in total. The first-order valence-corrected chi connectivity index (χ1v) is 6.49. The van der Waals surface area contributed by atoms with E-state index in [0.717, 1.165) is 37.4 Å². The Balaban J connectivity index is 2.02. The zero-order chi connectivity index (χ0) is 12.8. The molecule has 1 atom stereocenters. The number of ether oxygens (including phenoxy) is 1. The van der Waals surface area contributed by atoms with Gasteiger partial charge in [-0.2, -0.15) is 0 Å². The highest BCUT2D eigenvalue weighted by Crippen LogP contribution is 2.20. The number of rotatable bonds is 5. The molecular formula is C13H21N3O2. The Labute approximate surface area is 108 Å². The highest BCUT2D eigenvalue weighted by molar-refractivity contribution is 5.55. The summed E-state index contributed by atoms with van der Waals surface area (Å²) in [5.41, 5.74) is 2.12. The van der Waals surface area contributed by atoms with Gasteiger partial charge in [0, 0.05) is 19.6 Å². The zero-order valence-electron chi connectivity index (χ0n) is 10.8. The summed E-state index contributed by atoms with van der Waals surface area (Å²) >= 11 is 0. The van der Waals surface area contributed by atoms with Crippen LogP contribution in [0.1, 0.15) is 13.3 Å². The van der Waals surface area contributed by atoms with E-state index in [2.05, 4.69) is 28.2 Å². The first kappa shape index (κ1) is 13.1. The van der Waals surface area contributed by atoms with Gasteiger partial charge in [-0.1, -0.05) is 6.92 Å². The van der Waals surface area contributed by atoms with Crippen molar-refractivity contribution in [1.29, 1.82) is 0 Å². The third-order valence-corrected chi connectivity index (χ3v) is 3.01. The SMILES string of the molecule is CCCNc1cncc(N2CCOC(CO)C2)c1. The van der Waals surface area contributed by atoms with Crippen molar-refractivity contribution >= 4 is 11.4 Å². The average Bonchev–Trinajstić information content (AvgIpc) is 2.45. The van der Waals surface area contributed by atoms with E-state index in [9.17, 15) is 0 Å². The van der Waals surface area contributed by atoms with E-state index in [1.54, 1.807) is 0 Å². The Kier molecular flexibility index (Phi) is 4.78. The van der Waals surface area contributed by atoms with Crippen LogP contribution < -0.4 is 10.2 Å². The third kappa shape index (κ3) is 3.34. The number of aromatic nitrogens is 1. The fraction of sp³-hybridized carbons (Fsp3) is 0.615. The van der Waals surface area contributed by atoms with Crippen LogP contribution in [0.4, 0.5) is 11.4 Å². The molecule has 1 unspecified atom stereocenters. The van der Waals surface area contributed by atoms with Crippen LogP contribution in [-0.4, -0.2) is 49.0 Å². The van der Waals surface area contributed by atoms with Gasteiger partial charge >= 0.3 is 0 Å². The topological polar surface area (TPSA) is 57.6 Å². The molecule has 0 aromatic carbocycles. The normalized spacial score (nSPS) is 19.9. The van der Waals surface area contributed by atoms with E-state index in [1.165, 1.54) is 0 Å². The molecule has 1 aliphatic rings. The fourth-order valence-electron chi connectivity index (χ4n) is 2.03. The third-order valence-electron chi connectivity index (χ3n) is 3.01. The summed E-state index contributed by atoms with van der Waals surface area (Å²) < 4.78 is 5.45. The van der Waals surface area contributed by atoms with Crippen LogP contribution in [0, 0.1) is 0 Å². The maximum Gasteiger partial charge on any atom is 0.0980 e. The first-order valence-electron chi connectivity index (χ1n) is 6.49. The molecule has 0 saturated carbocycles. The summed E-state index contributed by atoms with van der Waals surface area (Å²) in [5, 5.41) is 12.5. The predicted molar refractivity (Wildman–Crippen MR) is 72.1 cm³/mol. The van der Waals surface area contributed by atoms with Gasteiger partial charge in [-0.15, -0.1) is 0 Å². The van der Waals surface area contributed by atoms with Gasteiger partial charge in [-0.3, -0.25) is 4.98 Å². The molecule has 1 fully saturated rings. The van der Waals surface area contributed by atoms with Crippen molar-refractivity contribution in [2.75, 3.05) is 43.1 Å². The van der Waals surface area contributed by atoms with Crippen molar-refractivity contribution in [2.45, 2.75) is 19.4 Å². The highest BCUT2D eigenvalue weighted by atomic mass is 16.5. The molecular weight excluding hydrogens is 230 g/mol. The lowest BCUT2D eigenvalue weighted by atomic mass is 10.2. The van der Waals surface area contributed by atoms with Crippen LogP contribution in [0.25, 0.3) is 0 Å². The average molecular weight is 251 g/mol. The second-order valence-electron chi connectivity index (χ2n) is 4.48. The number of hydrogen-bond acceptors (Lipinski definition) is 5. The van der Waals surface area contributed by atoms with Gasteiger partial charge in [0.2, 0.25) is 0 Å². The molecule has 1 saturated heterocycles. The molecule has 0 spiro atoms. The van der Waals surface area contributed by atoms with Crippen molar-refractivity contribution < 1.29 is 9.84 Å². The van der Waals surface area contributed by atoms with Crippen molar-refractivity contribution in [3.05, 3.63) is 18.5 Å². The molecule has 5 heteroatoms. The minimum atomic E-state index is -0.0917. The molecule has 2 rings (SSSR count). The van der Waals surface area contributed by atoms with Crippen molar-refractivity contribution in [1.82, 2.24) is 4.98 Å². The number of aliphatic hydroxyl groups excluding tert-OH is 1. The number of hydrogen-bond donors (Lipinski definition) is 2. The van der Waals surface area contributed by atoms with Crippen LogP contribution in [0.2, 0.25) is 0 Å². The van der Waals surface area contributed by atoms with E-state index in [0.29, 0.717) is 6.61 Å². The predicted octanol–water partition coefficient (Wildman–Crippen LogP) is 1.10. The Morgan fingerprint density at radius 1 is 1.56 bits per heavy atom. The van der Waals surface area contributed by atoms with Gasteiger partial charge in [0.25, 0.3) is 0 Å². The summed E-state index contributed by atoms with van der Waals surface area (Å²) in [6.07, 6.45) is 4.69. The number of nitrogens with zero attached hydrogens (tertiary/aromatic N) is 2. The molecule has 100 valence electrons. The molecule has 0 amide bonds. The molecule has 2 heterocycles. The van der Waals surface area contributed by atoms with E-state index < -0.39 is 0 Å². The quantitative estimate of drug-likeness (QED) is 0.820. The summed E-state index contributed by atoms with van der Waals surface area (Å²) in [7, 11) is 0. The second kappa shape index (κ2) is 6.56. The smallest absolute Gasteiger partial charge is 0.0980 e. The van der Waals surface area contributed by atoms with Crippen LogP contribution in [0.5, 0.6) is 0 Å². The van der Waals surface area contributed by atoms with E-state index in [-0.39, 0.29) is 12.7 Å². The monoisotopic (exact) mass is 251 g/mol. The van der Waals surface area contributed by atoms with Crippen molar-refractivity contribution in [2.24, 2.45) is 0 Å². The maximum atomic E-state index is 9.15. The van der Waals surface area contributed by atoms with Crippen molar-refractivity contribution in [3.8, 4) is 0 Å². The second-order valence-corrected chi connectivity index (χ2v) is 4.48. The molecule has 1 aromatic rings. The van der Waals surface area contributed by atoms with Gasteiger partial charge in [-0.25, -0.2) is 0 Å². The number of aliphatic hydroxyl groups is 1. The number of anilines is 2. The van der Waals surface area contributed by atoms with Crippen LogP contribution in [-0.2, 0) is 4.74 Å². The fourth-order valence-corrected chi connectivity index (χ4v) is 2.03. The van der Waals surface area contributed by atoms with Crippen LogP contribution in [0.3, 0.4) is 0 Å². The van der Waals surface area contributed by atoms with Gasteiger partial charge in [0.1, 0.15) is 0 Å². The molecule has 0 radical (unpaired) electrons. The first-order chi connectivity index (χ1) is 8.83. The molecule has 0 aliphatic carbocycles. The Hall–Kier alpha value is -1.33. The highest BCUT2D eigenvalue weighted by Gasteiger charge is 2.20. The lowest BCUT2D eigenvalue weighted by Crippen LogP contribution is -2.44. The molecule has 1 aliphatic heterocycles.